The third-order valence-corrected chi connectivity index (χ3v) is 3.19. The number of anilines is 1. The summed E-state index contributed by atoms with van der Waals surface area (Å²) >= 11 is 0. The number of rotatable bonds is 8. The molecule has 1 amide bonds. The van der Waals surface area contributed by atoms with Gasteiger partial charge in [0.15, 0.2) is 0 Å². The summed E-state index contributed by atoms with van der Waals surface area (Å²) in [6, 6.07) is 3.59. The summed E-state index contributed by atoms with van der Waals surface area (Å²) in [5.41, 5.74) is 0.309. The van der Waals surface area contributed by atoms with E-state index >= 15 is 0 Å². The zero-order valence-corrected chi connectivity index (χ0v) is 13.1. The number of hydrogen-bond donors (Lipinski definition) is 1. The number of furan rings is 1. The lowest BCUT2D eigenvalue weighted by molar-refractivity contribution is 0.0942. The molecular formula is C16H22N4O2. The summed E-state index contributed by atoms with van der Waals surface area (Å²) in [4.78, 5) is 22.8. The number of aromatic nitrogens is 2. The Labute approximate surface area is 130 Å². The quantitative estimate of drug-likeness (QED) is 0.811. The van der Waals surface area contributed by atoms with Crippen molar-refractivity contribution in [2.45, 2.75) is 33.2 Å². The van der Waals surface area contributed by atoms with Gasteiger partial charge in [0.2, 0.25) is 0 Å². The fourth-order valence-corrected chi connectivity index (χ4v) is 2.15. The Hall–Kier alpha value is -2.37. The standard InChI is InChI=1S/C16H22N4O2/c1-3-7-20(8-4-2)15-12-17-14(11-18-15)16(21)19-10-13-6-5-9-22-13/h5-6,9,11-12H,3-4,7-8,10H2,1-2H3,(H,19,21). The first-order valence-electron chi connectivity index (χ1n) is 7.62. The normalized spacial score (nSPS) is 10.5. The van der Waals surface area contributed by atoms with Gasteiger partial charge in [-0.3, -0.25) is 4.79 Å². The molecule has 0 aliphatic rings. The van der Waals surface area contributed by atoms with Crippen LogP contribution in [-0.2, 0) is 6.54 Å². The molecule has 0 saturated carbocycles. The van der Waals surface area contributed by atoms with Gasteiger partial charge >= 0.3 is 0 Å². The molecule has 22 heavy (non-hydrogen) atoms. The van der Waals surface area contributed by atoms with Crippen molar-refractivity contribution in [3.63, 3.8) is 0 Å². The predicted octanol–water partition coefficient (Wildman–Crippen LogP) is 2.63. The van der Waals surface area contributed by atoms with Gasteiger partial charge in [0.1, 0.15) is 17.3 Å². The maximum absolute atomic E-state index is 12.0. The maximum Gasteiger partial charge on any atom is 0.271 e. The lowest BCUT2D eigenvalue weighted by Crippen LogP contribution is -2.27. The van der Waals surface area contributed by atoms with E-state index in [0.29, 0.717) is 18.0 Å². The monoisotopic (exact) mass is 302 g/mol. The molecule has 0 aliphatic carbocycles. The minimum Gasteiger partial charge on any atom is -0.467 e. The van der Waals surface area contributed by atoms with Crippen LogP contribution < -0.4 is 10.2 Å². The predicted molar refractivity (Wildman–Crippen MR) is 84.7 cm³/mol. The van der Waals surface area contributed by atoms with Gasteiger partial charge in [-0.25, -0.2) is 9.97 Å². The van der Waals surface area contributed by atoms with E-state index in [1.54, 1.807) is 18.5 Å². The molecule has 0 radical (unpaired) electrons. The Balaban J connectivity index is 1.96. The molecule has 118 valence electrons. The second kappa shape index (κ2) is 8.17. The number of carbonyl (C=O) groups excluding carboxylic acids is 1. The molecule has 6 nitrogen and oxygen atoms in total. The second-order valence-corrected chi connectivity index (χ2v) is 5.01. The number of hydrogen-bond acceptors (Lipinski definition) is 5. The number of amides is 1. The van der Waals surface area contributed by atoms with Crippen LogP contribution in [0.3, 0.4) is 0 Å². The van der Waals surface area contributed by atoms with Gasteiger partial charge in [0, 0.05) is 13.1 Å². The first-order chi connectivity index (χ1) is 10.7. The molecule has 0 bridgehead atoms. The van der Waals surface area contributed by atoms with Gasteiger partial charge in [-0.2, -0.15) is 0 Å². The van der Waals surface area contributed by atoms with Crippen molar-refractivity contribution in [1.82, 2.24) is 15.3 Å². The molecule has 0 saturated heterocycles. The molecule has 2 aromatic heterocycles. The topological polar surface area (TPSA) is 71.3 Å². The molecule has 0 unspecified atom stereocenters. The van der Waals surface area contributed by atoms with Crippen LogP contribution in [0.25, 0.3) is 0 Å². The Kier molecular flexibility index (Phi) is 5.94. The average Bonchev–Trinajstić information content (AvgIpc) is 3.06. The van der Waals surface area contributed by atoms with Crippen LogP contribution >= 0.6 is 0 Å². The van der Waals surface area contributed by atoms with Crippen molar-refractivity contribution < 1.29 is 9.21 Å². The van der Waals surface area contributed by atoms with Crippen molar-refractivity contribution in [3.8, 4) is 0 Å². The summed E-state index contributed by atoms with van der Waals surface area (Å²) in [6.45, 7) is 6.48. The molecule has 0 fully saturated rings. The zero-order chi connectivity index (χ0) is 15.8. The van der Waals surface area contributed by atoms with E-state index in [1.807, 2.05) is 6.07 Å². The van der Waals surface area contributed by atoms with Crippen LogP contribution in [-0.4, -0.2) is 29.0 Å². The summed E-state index contributed by atoms with van der Waals surface area (Å²) < 4.78 is 5.17. The van der Waals surface area contributed by atoms with E-state index in [0.717, 1.165) is 31.7 Å². The highest BCUT2D eigenvalue weighted by Gasteiger charge is 2.11. The summed E-state index contributed by atoms with van der Waals surface area (Å²) in [6.07, 6.45) is 6.85. The van der Waals surface area contributed by atoms with Gasteiger partial charge < -0.3 is 14.6 Å². The molecule has 6 heteroatoms. The third kappa shape index (κ3) is 4.31. The van der Waals surface area contributed by atoms with Crippen molar-refractivity contribution >= 4 is 11.7 Å². The van der Waals surface area contributed by atoms with Gasteiger partial charge in [-0.05, 0) is 25.0 Å². The van der Waals surface area contributed by atoms with Crippen LogP contribution in [0, 0.1) is 0 Å². The fraction of sp³-hybridized carbons (Fsp3) is 0.438. The Bertz CT molecular complexity index is 560. The van der Waals surface area contributed by atoms with Gasteiger partial charge in [0.25, 0.3) is 5.91 Å². The highest BCUT2D eigenvalue weighted by atomic mass is 16.3. The molecular weight excluding hydrogens is 280 g/mol. The zero-order valence-electron chi connectivity index (χ0n) is 13.1. The van der Waals surface area contributed by atoms with E-state index in [1.165, 1.54) is 6.20 Å². The summed E-state index contributed by atoms with van der Waals surface area (Å²) in [5.74, 6) is 1.26. The van der Waals surface area contributed by atoms with E-state index < -0.39 is 0 Å². The Morgan fingerprint density at radius 1 is 1.23 bits per heavy atom. The molecule has 0 spiro atoms. The van der Waals surface area contributed by atoms with E-state index in [4.69, 9.17) is 4.42 Å². The summed E-state index contributed by atoms with van der Waals surface area (Å²) in [5, 5.41) is 2.75. The van der Waals surface area contributed by atoms with Crippen LogP contribution in [0.5, 0.6) is 0 Å². The smallest absolute Gasteiger partial charge is 0.271 e. The minimum atomic E-state index is -0.256. The number of carbonyl (C=O) groups is 1. The van der Waals surface area contributed by atoms with Crippen LogP contribution in [0.2, 0.25) is 0 Å². The lowest BCUT2D eigenvalue weighted by Gasteiger charge is -2.21. The van der Waals surface area contributed by atoms with E-state index in [-0.39, 0.29) is 5.91 Å². The van der Waals surface area contributed by atoms with Crippen molar-refractivity contribution in [2.75, 3.05) is 18.0 Å². The number of nitrogens with zero attached hydrogens (tertiary/aromatic N) is 3. The summed E-state index contributed by atoms with van der Waals surface area (Å²) in [7, 11) is 0. The van der Waals surface area contributed by atoms with E-state index in [2.05, 4.69) is 34.0 Å². The molecule has 0 aliphatic heterocycles. The van der Waals surface area contributed by atoms with Gasteiger partial charge in [0.05, 0.1) is 25.2 Å². The molecule has 1 N–H and O–H groups in total. The highest BCUT2D eigenvalue weighted by molar-refractivity contribution is 5.91. The molecule has 0 atom stereocenters. The Morgan fingerprint density at radius 3 is 2.55 bits per heavy atom. The minimum absolute atomic E-state index is 0.256. The van der Waals surface area contributed by atoms with Crippen LogP contribution in [0.1, 0.15) is 42.9 Å². The molecule has 2 heterocycles. The number of nitrogens with one attached hydrogen (secondary N) is 1. The largest absolute Gasteiger partial charge is 0.467 e. The molecule has 2 aromatic rings. The fourth-order valence-electron chi connectivity index (χ4n) is 2.15. The van der Waals surface area contributed by atoms with Crippen molar-refractivity contribution in [3.05, 3.63) is 42.2 Å². The van der Waals surface area contributed by atoms with Gasteiger partial charge in [-0.15, -0.1) is 0 Å². The van der Waals surface area contributed by atoms with Crippen molar-refractivity contribution in [2.24, 2.45) is 0 Å². The SMILES string of the molecule is CCCN(CCC)c1cnc(C(=O)NCc2ccco2)cn1. The van der Waals surface area contributed by atoms with Gasteiger partial charge in [-0.1, -0.05) is 13.8 Å². The second-order valence-electron chi connectivity index (χ2n) is 5.01. The Morgan fingerprint density at radius 2 is 2.00 bits per heavy atom. The average molecular weight is 302 g/mol. The maximum atomic E-state index is 12.0. The highest BCUT2D eigenvalue weighted by Crippen LogP contribution is 2.10. The third-order valence-electron chi connectivity index (χ3n) is 3.19. The first-order valence-corrected chi connectivity index (χ1v) is 7.62. The molecule has 0 aromatic carbocycles. The first kappa shape index (κ1) is 16.0. The molecule has 2 rings (SSSR count). The van der Waals surface area contributed by atoms with Crippen LogP contribution in [0.4, 0.5) is 5.82 Å². The van der Waals surface area contributed by atoms with E-state index in [9.17, 15) is 4.79 Å². The lowest BCUT2D eigenvalue weighted by atomic mass is 10.3. The van der Waals surface area contributed by atoms with Crippen LogP contribution in [0.15, 0.2) is 35.2 Å². The van der Waals surface area contributed by atoms with Crippen molar-refractivity contribution in [1.29, 1.82) is 0 Å².